The lowest BCUT2D eigenvalue weighted by Gasteiger charge is -2.32. The SMILES string of the molecule is CC1(C#Cc2cccc3c2CCCN3c2nc3nncn3c3cc(N)c(F)cc23)CC1. The van der Waals surface area contributed by atoms with Crippen LogP contribution in [-0.4, -0.2) is 26.1 Å². The van der Waals surface area contributed by atoms with E-state index in [0.29, 0.717) is 17.0 Å². The first-order chi connectivity index (χ1) is 15.0. The minimum atomic E-state index is -0.461. The molecule has 6 nitrogen and oxygen atoms in total. The Morgan fingerprint density at radius 1 is 1.23 bits per heavy atom. The molecule has 0 bridgehead atoms. The van der Waals surface area contributed by atoms with E-state index in [1.54, 1.807) is 16.8 Å². The highest BCUT2D eigenvalue weighted by Crippen LogP contribution is 2.44. The van der Waals surface area contributed by atoms with Gasteiger partial charge in [0.25, 0.3) is 5.78 Å². The summed E-state index contributed by atoms with van der Waals surface area (Å²) in [6.07, 6.45) is 5.83. The summed E-state index contributed by atoms with van der Waals surface area (Å²) in [5, 5.41) is 8.79. The Morgan fingerprint density at radius 2 is 2.10 bits per heavy atom. The number of nitrogens with two attached hydrogens (primary N) is 1. The maximum Gasteiger partial charge on any atom is 0.257 e. The first-order valence-corrected chi connectivity index (χ1v) is 10.5. The monoisotopic (exact) mass is 412 g/mol. The molecule has 0 radical (unpaired) electrons. The maximum atomic E-state index is 14.5. The lowest BCUT2D eigenvalue weighted by Crippen LogP contribution is -2.26. The number of nitrogens with zero attached hydrogens (tertiary/aromatic N) is 5. The predicted molar refractivity (Wildman–Crippen MR) is 119 cm³/mol. The number of benzene rings is 2. The second-order valence-corrected chi connectivity index (χ2v) is 8.70. The van der Waals surface area contributed by atoms with Crippen LogP contribution in [0.3, 0.4) is 0 Å². The Labute approximate surface area is 178 Å². The molecule has 1 aliphatic heterocycles. The second-order valence-electron chi connectivity index (χ2n) is 8.70. The third kappa shape index (κ3) is 2.90. The molecule has 154 valence electrons. The Morgan fingerprint density at radius 3 is 2.94 bits per heavy atom. The number of anilines is 3. The van der Waals surface area contributed by atoms with Gasteiger partial charge in [-0.15, -0.1) is 10.2 Å². The van der Waals surface area contributed by atoms with Crippen molar-refractivity contribution in [1.82, 2.24) is 19.6 Å². The minimum absolute atomic E-state index is 0.0878. The van der Waals surface area contributed by atoms with Gasteiger partial charge in [0.15, 0.2) is 0 Å². The highest BCUT2D eigenvalue weighted by Gasteiger charge is 2.35. The summed E-state index contributed by atoms with van der Waals surface area (Å²) < 4.78 is 16.2. The van der Waals surface area contributed by atoms with Gasteiger partial charge < -0.3 is 10.6 Å². The molecule has 1 fully saturated rings. The zero-order valence-corrected chi connectivity index (χ0v) is 17.2. The topological polar surface area (TPSA) is 72.3 Å². The fraction of sp³-hybridized carbons (Fsp3) is 0.292. The van der Waals surface area contributed by atoms with E-state index in [2.05, 4.69) is 46.0 Å². The van der Waals surface area contributed by atoms with Gasteiger partial charge in [-0.3, -0.25) is 4.40 Å². The van der Waals surface area contributed by atoms with Gasteiger partial charge >= 0.3 is 0 Å². The lowest BCUT2D eigenvalue weighted by atomic mass is 9.95. The van der Waals surface area contributed by atoms with Crippen molar-refractivity contribution in [3.05, 3.63) is 53.6 Å². The van der Waals surface area contributed by atoms with E-state index in [0.717, 1.165) is 36.2 Å². The number of hydrogen-bond acceptors (Lipinski definition) is 5. The quantitative estimate of drug-likeness (QED) is 0.374. The molecule has 1 saturated carbocycles. The van der Waals surface area contributed by atoms with Crippen LogP contribution in [0.1, 0.15) is 37.3 Å². The van der Waals surface area contributed by atoms with Gasteiger partial charge in [0.2, 0.25) is 0 Å². The molecule has 0 amide bonds. The summed E-state index contributed by atoms with van der Waals surface area (Å²) in [5.41, 5.74) is 10.2. The smallest absolute Gasteiger partial charge is 0.257 e. The van der Waals surface area contributed by atoms with Crippen molar-refractivity contribution < 1.29 is 4.39 Å². The first kappa shape index (κ1) is 18.1. The molecule has 0 unspecified atom stereocenters. The molecular weight excluding hydrogens is 391 g/mol. The molecule has 0 atom stereocenters. The second kappa shape index (κ2) is 6.42. The van der Waals surface area contributed by atoms with Crippen LogP contribution in [0.2, 0.25) is 0 Å². The van der Waals surface area contributed by atoms with Crippen LogP contribution >= 0.6 is 0 Å². The van der Waals surface area contributed by atoms with Gasteiger partial charge in [-0.2, -0.15) is 4.98 Å². The van der Waals surface area contributed by atoms with E-state index in [1.807, 2.05) is 6.07 Å². The van der Waals surface area contributed by atoms with Crippen molar-refractivity contribution >= 4 is 33.9 Å². The number of fused-ring (bicyclic) bond motifs is 4. The lowest BCUT2D eigenvalue weighted by molar-refractivity contribution is 0.634. The molecule has 3 heterocycles. The number of aromatic nitrogens is 4. The molecular formula is C24H21FN6. The Bertz CT molecular complexity index is 1420. The van der Waals surface area contributed by atoms with E-state index in [4.69, 9.17) is 10.7 Å². The third-order valence-electron chi connectivity index (χ3n) is 6.36. The normalized spacial score (nSPS) is 16.8. The summed E-state index contributed by atoms with van der Waals surface area (Å²) >= 11 is 0. The fourth-order valence-electron chi connectivity index (χ4n) is 4.28. The molecule has 31 heavy (non-hydrogen) atoms. The van der Waals surface area contributed by atoms with Crippen LogP contribution < -0.4 is 10.6 Å². The van der Waals surface area contributed by atoms with Crippen LogP contribution in [0.5, 0.6) is 0 Å². The highest BCUT2D eigenvalue weighted by atomic mass is 19.1. The molecule has 7 heteroatoms. The van der Waals surface area contributed by atoms with Crippen molar-refractivity contribution in [2.45, 2.75) is 32.6 Å². The Hall–Kier alpha value is -3.66. The summed E-state index contributed by atoms with van der Waals surface area (Å²) in [5.74, 6) is 7.53. The standard InChI is InChI=1S/C24H21FN6/c1-24(9-10-24)8-7-15-4-2-6-20-16(15)5-3-11-30(20)22-17-12-18(25)19(26)13-21(17)31-14-27-29-23(31)28-22/h2,4,6,12-14H,3,5,9-11,26H2,1H3. The van der Waals surface area contributed by atoms with Gasteiger partial charge in [0.05, 0.1) is 11.2 Å². The Balaban J connectivity index is 1.56. The highest BCUT2D eigenvalue weighted by molar-refractivity contribution is 5.95. The van der Waals surface area contributed by atoms with Crippen molar-refractivity contribution in [2.75, 3.05) is 17.2 Å². The molecule has 2 N–H and O–H groups in total. The van der Waals surface area contributed by atoms with Gasteiger partial charge in [-0.05, 0) is 62.4 Å². The third-order valence-corrected chi connectivity index (χ3v) is 6.36. The molecule has 1 aliphatic carbocycles. The van der Waals surface area contributed by atoms with Crippen LogP contribution in [0, 0.1) is 23.1 Å². The number of nitrogen functional groups attached to an aromatic ring is 1. The zero-order valence-electron chi connectivity index (χ0n) is 17.2. The van der Waals surface area contributed by atoms with E-state index >= 15 is 0 Å². The largest absolute Gasteiger partial charge is 0.396 e. The van der Waals surface area contributed by atoms with E-state index in [1.165, 1.54) is 24.5 Å². The number of hydrogen-bond donors (Lipinski definition) is 1. The molecule has 6 rings (SSSR count). The maximum absolute atomic E-state index is 14.5. The van der Waals surface area contributed by atoms with Gasteiger partial charge in [-0.25, -0.2) is 4.39 Å². The zero-order chi connectivity index (χ0) is 21.2. The fourth-order valence-corrected chi connectivity index (χ4v) is 4.28. The average molecular weight is 412 g/mol. The van der Waals surface area contributed by atoms with Crippen LogP contribution in [0.4, 0.5) is 21.6 Å². The predicted octanol–water partition coefficient (Wildman–Crippen LogP) is 4.23. The van der Waals surface area contributed by atoms with E-state index in [9.17, 15) is 4.39 Å². The van der Waals surface area contributed by atoms with Crippen molar-refractivity contribution in [2.24, 2.45) is 5.41 Å². The van der Waals surface area contributed by atoms with E-state index in [-0.39, 0.29) is 11.1 Å². The van der Waals surface area contributed by atoms with Crippen molar-refractivity contribution in [3.63, 3.8) is 0 Å². The number of rotatable bonds is 1. The van der Waals surface area contributed by atoms with Crippen molar-refractivity contribution in [3.8, 4) is 11.8 Å². The van der Waals surface area contributed by atoms with Gasteiger partial charge in [-0.1, -0.05) is 17.9 Å². The molecule has 4 aromatic rings. The average Bonchev–Trinajstić information content (AvgIpc) is 3.31. The van der Waals surface area contributed by atoms with Crippen molar-refractivity contribution in [1.29, 1.82) is 0 Å². The molecule has 2 aliphatic rings. The molecule has 2 aromatic carbocycles. The van der Waals surface area contributed by atoms with Gasteiger partial charge in [0, 0.05) is 28.6 Å². The minimum Gasteiger partial charge on any atom is -0.396 e. The van der Waals surface area contributed by atoms with Crippen LogP contribution in [0.15, 0.2) is 36.7 Å². The summed E-state index contributed by atoms with van der Waals surface area (Å²) in [7, 11) is 0. The van der Waals surface area contributed by atoms with E-state index < -0.39 is 5.82 Å². The summed E-state index contributed by atoms with van der Waals surface area (Å²) in [4.78, 5) is 6.90. The molecule has 0 spiro atoms. The molecule has 2 aromatic heterocycles. The van der Waals surface area contributed by atoms with Crippen LogP contribution in [0.25, 0.3) is 16.7 Å². The Kier molecular flexibility index (Phi) is 3.75. The summed E-state index contributed by atoms with van der Waals surface area (Å²) in [6, 6.07) is 9.29. The summed E-state index contributed by atoms with van der Waals surface area (Å²) in [6.45, 7) is 2.99. The van der Waals surface area contributed by atoms with Crippen LogP contribution in [-0.2, 0) is 6.42 Å². The van der Waals surface area contributed by atoms with Gasteiger partial charge in [0.1, 0.15) is 18.0 Å². The first-order valence-electron chi connectivity index (χ1n) is 10.5. The number of halogens is 1. The molecule has 0 saturated heterocycles.